The lowest BCUT2D eigenvalue weighted by Gasteiger charge is -2.17. The Morgan fingerprint density at radius 3 is 2.50 bits per heavy atom. The standard InChI is InChI=1S/C27H25N3O2S2/c1-33-15-12-23(30-27(32)20-6-3-2-4-7-20)25(31)17-26-29-24(18-34-26)22-9-5-8-21(16-22)19-10-13-28-14-11-19/h2-11,13-14,16,18,23H,12,15,17H2,1H3,(H,30,32)/t23-/m0/s1. The lowest BCUT2D eigenvalue weighted by molar-refractivity contribution is -0.120. The van der Waals surface area contributed by atoms with Gasteiger partial charge in [-0.05, 0) is 59.9 Å². The third-order valence-electron chi connectivity index (χ3n) is 5.39. The molecule has 0 bridgehead atoms. The van der Waals surface area contributed by atoms with Crippen LogP contribution in [0.25, 0.3) is 22.4 Å². The van der Waals surface area contributed by atoms with E-state index in [-0.39, 0.29) is 18.1 Å². The van der Waals surface area contributed by atoms with Crippen molar-refractivity contribution in [2.24, 2.45) is 0 Å². The summed E-state index contributed by atoms with van der Waals surface area (Å²) in [5.74, 6) is 0.536. The van der Waals surface area contributed by atoms with Crippen LogP contribution >= 0.6 is 23.1 Å². The number of amides is 1. The monoisotopic (exact) mass is 487 g/mol. The van der Waals surface area contributed by atoms with Crippen LogP contribution in [0.2, 0.25) is 0 Å². The molecule has 0 fully saturated rings. The maximum Gasteiger partial charge on any atom is 0.251 e. The van der Waals surface area contributed by atoms with Crippen molar-refractivity contribution in [3.05, 3.63) is 95.1 Å². The van der Waals surface area contributed by atoms with Gasteiger partial charge in [0.1, 0.15) is 5.01 Å². The van der Waals surface area contributed by atoms with Crippen LogP contribution in [-0.4, -0.2) is 39.7 Å². The van der Waals surface area contributed by atoms with Gasteiger partial charge in [0.15, 0.2) is 5.78 Å². The summed E-state index contributed by atoms with van der Waals surface area (Å²) < 4.78 is 0. The molecule has 0 saturated carbocycles. The highest BCUT2D eigenvalue weighted by atomic mass is 32.2. The molecule has 0 unspecified atom stereocenters. The fourth-order valence-corrected chi connectivity index (χ4v) is 4.86. The van der Waals surface area contributed by atoms with Gasteiger partial charge in [-0.25, -0.2) is 4.98 Å². The Morgan fingerprint density at radius 1 is 0.971 bits per heavy atom. The van der Waals surface area contributed by atoms with Crippen molar-refractivity contribution in [2.75, 3.05) is 12.0 Å². The Balaban J connectivity index is 1.46. The third-order valence-corrected chi connectivity index (χ3v) is 6.88. The van der Waals surface area contributed by atoms with Gasteiger partial charge in [0.2, 0.25) is 0 Å². The third kappa shape index (κ3) is 6.18. The van der Waals surface area contributed by atoms with Crippen LogP contribution < -0.4 is 5.32 Å². The van der Waals surface area contributed by atoms with Gasteiger partial charge in [0, 0.05) is 28.9 Å². The second-order valence-corrected chi connectivity index (χ2v) is 9.69. The average Bonchev–Trinajstić information content (AvgIpc) is 3.36. The van der Waals surface area contributed by atoms with Crippen LogP contribution in [0.15, 0.2) is 84.5 Å². The number of nitrogens with zero attached hydrogens (tertiary/aromatic N) is 2. The number of hydrogen-bond acceptors (Lipinski definition) is 6. The molecule has 0 aliphatic heterocycles. The van der Waals surface area contributed by atoms with Gasteiger partial charge in [-0.2, -0.15) is 11.8 Å². The van der Waals surface area contributed by atoms with Crippen LogP contribution in [0.5, 0.6) is 0 Å². The number of thiazole rings is 1. The van der Waals surface area contributed by atoms with Crippen molar-refractivity contribution in [2.45, 2.75) is 18.9 Å². The molecule has 1 atom stereocenters. The van der Waals surface area contributed by atoms with Crippen molar-refractivity contribution < 1.29 is 9.59 Å². The summed E-state index contributed by atoms with van der Waals surface area (Å²) in [5.41, 5.74) is 4.58. The lowest BCUT2D eigenvalue weighted by Crippen LogP contribution is -2.42. The number of carbonyl (C=O) groups is 2. The van der Waals surface area contributed by atoms with E-state index in [1.54, 1.807) is 36.3 Å². The van der Waals surface area contributed by atoms with Gasteiger partial charge >= 0.3 is 0 Å². The molecule has 172 valence electrons. The molecule has 34 heavy (non-hydrogen) atoms. The van der Waals surface area contributed by atoms with Crippen molar-refractivity contribution in [3.8, 4) is 22.4 Å². The van der Waals surface area contributed by atoms with Crippen LogP contribution in [0, 0.1) is 0 Å². The van der Waals surface area contributed by atoms with Crippen LogP contribution in [0.3, 0.4) is 0 Å². The Labute approximate surface area is 207 Å². The second-order valence-electron chi connectivity index (χ2n) is 7.76. The summed E-state index contributed by atoms with van der Waals surface area (Å²) >= 11 is 3.13. The van der Waals surface area contributed by atoms with Gasteiger partial charge in [-0.1, -0.05) is 36.4 Å². The first-order chi connectivity index (χ1) is 16.6. The number of Topliss-reactive ketones (excluding diaryl/α,β-unsaturated/α-hetero) is 1. The molecule has 0 saturated heterocycles. The van der Waals surface area contributed by atoms with E-state index in [1.165, 1.54) is 11.3 Å². The number of carbonyl (C=O) groups excluding carboxylic acids is 2. The molecule has 5 nitrogen and oxygen atoms in total. The molecule has 4 aromatic rings. The minimum Gasteiger partial charge on any atom is -0.342 e. The van der Waals surface area contributed by atoms with E-state index in [0.717, 1.165) is 33.1 Å². The number of rotatable bonds is 10. The normalized spacial score (nSPS) is 11.7. The van der Waals surface area contributed by atoms with Crippen molar-refractivity contribution in [1.82, 2.24) is 15.3 Å². The number of benzene rings is 2. The molecule has 0 radical (unpaired) electrons. The number of thioether (sulfide) groups is 1. The number of nitrogens with one attached hydrogen (secondary N) is 1. The van der Waals surface area contributed by atoms with E-state index in [9.17, 15) is 9.59 Å². The molecule has 2 aromatic heterocycles. The number of aromatic nitrogens is 2. The molecule has 0 spiro atoms. The number of ketones is 1. The minimum absolute atomic E-state index is 0.0234. The fourth-order valence-electron chi connectivity index (χ4n) is 3.58. The molecule has 7 heteroatoms. The summed E-state index contributed by atoms with van der Waals surface area (Å²) in [5, 5.41) is 5.65. The maximum absolute atomic E-state index is 13.1. The summed E-state index contributed by atoms with van der Waals surface area (Å²) in [4.78, 5) is 34.5. The van der Waals surface area contributed by atoms with E-state index in [0.29, 0.717) is 12.0 Å². The first kappa shape index (κ1) is 23.9. The molecule has 4 rings (SSSR count). The predicted octanol–water partition coefficient (Wildman–Crippen LogP) is 5.54. The topological polar surface area (TPSA) is 72.0 Å². The molecule has 0 aliphatic rings. The highest BCUT2D eigenvalue weighted by Gasteiger charge is 2.22. The lowest BCUT2D eigenvalue weighted by atomic mass is 10.0. The highest BCUT2D eigenvalue weighted by molar-refractivity contribution is 7.98. The van der Waals surface area contributed by atoms with E-state index in [4.69, 9.17) is 4.98 Å². The highest BCUT2D eigenvalue weighted by Crippen LogP contribution is 2.27. The zero-order chi connectivity index (χ0) is 23.8. The van der Waals surface area contributed by atoms with Gasteiger partial charge < -0.3 is 5.32 Å². The fraction of sp³-hybridized carbons (Fsp3) is 0.185. The van der Waals surface area contributed by atoms with Crippen molar-refractivity contribution >= 4 is 34.8 Å². The first-order valence-corrected chi connectivity index (χ1v) is 13.2. The Hall–Kier alpha value is -3.29. The summed E-state index contributed by atoms with van der Waals surface area (Å²) in [6, 6.07) is 20.6. The SMILES string of the molecule is CSCC[C@H](NC(=O)c1ccccc1)C(=O)Cc1nc(-c2cccc(-c3ccncc3)c2)cs1. The summed E-state index contributed by atoms with van der Waals surface area (Å²) in [6.07, 6.45) is 6.33. The Kier molecular flexibility index (Phi) is 8.22. The number of hydrogen-bond donors (Lipinski definition) is 1. The molecule has 1 N–H and O–H groups in total. The van der Waals surface area contributed by atoms with Gasteiger partial charge in [-0.15, -0.1) is 11.3 Å². The predicted molar refractivity (Wildman–Crippen MR) is 140 cm³/mol. The summed E-state index contributed by atoms with van der Waals surface area (Å²) in [7, 11) is 0. The molecule has 2 heterocycles. The number of pyridine rings is 1. The van der Waals surface area contributed by atoms with E-state index < -0.39 is 6.04 Å². The summed E-state index contributed by atoms with van der Waals surface area (Å²) in [6.45, 7) is 0. The molecule has 1 amide bonds. The quantitative estimate of drug-likeness (QED) is 0.318. The Bertz CT molecular complexity index is 1240. The first-order valence-electron chi connectivity index (χ1n) is 11.0. The van der Waals surface area contributed by atoms with Crippen molar-refractivity contribution in [1.29, 1.82) is 0 Å². The van der Waals surface area contributed by atoms with E-state index >= 15 is 0 Å². The Morgan fingerprint density at radius 2 is 1.74 bits per heavy atom. The van der Waals surface area contributed by atoms with E-state index in [1.807, 2.05) is 54.1 Å². The minimum atomic E-state index is -0.539. The maximum atomic E-state index is 13.1. The van der Waals surface area contributed by atoms with Gasteiger partial charge in [0.05, 0.1) is 18.2 Å². The zero-order valence-electron chi connectivity index (χ0n) is 18.8. The molecular weight excluding hydrogens is 462 g/mol. The second kappa shape index (κ2) is 11.7. The average molecular weight is 488 g/mol. The van der Waals surface area contributed by atoms with Crippen molar-refractivity contribution in [3.63, 3.8) is 0 Å². The molecule has 0 aliphatic carbocycles. The van der Waals surface area contributed by atoms with Crippen LogP contribution in [0.4, 0.5) is 0 Å². The van der Waals surface area contributed by atoms with Gasteiger partial charge in [0.25, 0.3) is 5.91 Å². The smallest absolute Gasteiger partial charge is 0.251 e. The molecular formula is C27H25N3O2S2. The largest absolute Gasteiger partial charge is 0.342 e. The van der Waals surface area contributed by atoms with Gasteiger partial charge in [-0.3, -0.25) is 14.6 Å². The zero-order valence-corrected chi connectivity index (χ0v) is 20.4. The molecule has 2 aromatic carbocycles. The van der Waals surface area contributed by atoms with E-state index in [2.05, 4.69) is 22.4 Å². The van der Waals surface area contributed by atoms with Crippen LogP contribution in [-0.2, 0) is 11.2 Å². The van der Waals surface area contributed by atoms with Crippen LogP contribution in [0.1, 0.15) is 21.8 Å².